The highest BCUT2D eigenvalue weighted by Gasteiger charge is 2.05. The van der Waals surface area contributed by atoms with Gasteiger partial charge in [0.1, 0.15) is 5.75 Å². The van der Waals surface area contributed by atoms with Gasteiger partial charge in [-0.15, -0.1) is 11.3 Å². The first-order valence-corrected chi connectivity index (χ1v) is 9.38. The predicted octanol–water partition coefficient (Wildman–Crippen LogP) is 5.20. The van der Waals surface area contributed by atoms with E-state index in [1.807, 2.05) is 36.7 Å². The SMILES string of the molecule is COC(=O)CCCCOc1ccc(-c2ccc(-c3ccncc3)s2)cc1. The van der Waals surface area contributed by atoms with Gasteiger partial charge in [0, 0.05) is 28.6 Å². The Kier molecular flexibility index (Phi) is 6.39. The molecule has 0 radical (unpaired) electrons. The van der Waals surface area contributed by atoms with Gasteiger partial charge >= 0.3 is 5.97 Å². The Labute approximate surface area is 157 Å². The van der Waals surface area contributed by atoms with Crippen LogP contribution in [0.2, 0.25) is 0 Å². The molecule has 2 aromatic heterocycles. The van der Waals surface area contributed by atoms with Gasteiger partial charge in [-0.2, -0.15) is 0 Å². The lowest BCUT2D eigenvalue weighted by atomic mass is 10.2. The summed E-state index contributed by atoms with van der Waals surface area (Å²) in [6.07, 6.45) is 5.67. The third-order valence-electron chi connectivity index (χ3n) is 3.98. The summed E-state index contributed by atoms with van der Waals surface area (Å²) in [5.41, 5.74) is 2.36. The number of rotatable bonds is 8. The summed E-state index contributed by atoms with van der Waals surface area (Å²) in [6, 6.07) is 16.4. The van der Waals surface area contributed by atoms with E-state index in [0.717, 1.165) is 18.6 Å². The lowest BCUT2D eigenvalue weighted by Crippen LogP contribution is -2.02. The minimum atomic E-state index is -0.170. The molecule has 0 aliphatic heterocycles. The smallest absolute Gasteiger partial charge is 0.305 e. The molecule has 2 heterocycles. The van der Waals surface area contributed by atoms with Crippen LogP contribution in [0.5, 0.6) is 5.75 Å². The molecule has 0 N–H and O–H groups in total. The van der Waals surface area contributed by atoms with Crippen LogP contribution in [0.4, 0.5) is 0 Å². The number of carbonyl (C=O) groups excluding carboxylic acids is 1. The Hall–Kier alpha value is -2.66. The van der Waals surface area contributed by atoms with Crippen molar-refractivity contribution in [1.82, 2.24) is 4.98 Å². The van der Waals surface area contributed by atoms with Crippen LogP contribution in [-0.4, -0.2) is 24.7 Å². The van der Waals surface area contributed by atoms with Crippen molar-refractivity contribution < 1.29 is 14.3 Å². The summed E-state index contributed by atoms with van der Waals surface area (Å²) in [4.78, 5) is 17.6. The molecule has 0 spiro atoms. The van der Waals surface area contributed by atoms with E-state index in [0.29, 0.717) is 13.0 Å². The van der Waals surface area contributed by atoms with Crippen LogP contribution in [0, 0.1) is 0 Å². The van der Waals surface area contributed by atoms with Crippen LogP contribution in [0.25, 0.3) is 20.9 Å². The Balaban J connectivity index is 1.53. The quantitative estimate of drug-likeness (QED) is 0.406. The van der Waals surface area contributed by atoms with Crippen LogP contribution in [0.1, 0.15) is 19.3 Å². The number of thiophene rings is 1. The lowest BCUT2D eigenvalue weighted by Gasteiger charge is -2.06. The summed E-state index contributed by atoms with van der Waals surface area (Å²) in [7, 11) is 1.41. The van der Waals surface area contributed by atoms with E-state index in [9.17, 15) is 4.79 Å². The molecule has 0 saturated heterocycles. The molecule has 1 aromatic carbocycles. The molecule has 134 valence electrons. The van der Waals surface area contributed by atoms with Crippen molar-refractivity contribution in [2.24, 2.45) is 0 Å². The first-order valence-electron chi connectivity index (χ1n) is 8.56. The van der Waals surface area contributed by atoms with E-state index in [2.05, 4.69) is 34.0 Å². The minimum Gasteiger partial charge on any atom is -0.494 e. The van der Waals surface area contributed by atoms with Crippen molar-refractivity contribution in [1.29, 1.82) is 0 Å². The van der Waals surface area contributed by atoms with Gasteiger partial charge in [0.05, 0.1) is 13.7 Å². The van der Waals surface area contributed by atoms with Crippen LogP contribution < -0.4 is 4.74 Å². The molecule has 4 nitrogen and oxygen atoms in total. The van der Waals surface area contributed by atoms with Crippen molar-refractivity contribution >= 4 is 17.3 Å². The zero-order valence-electron chi connectivity index (χ0n) is 14.7. The maximum Gasteiger partial charge on any atom is 0.305 e. The molecule has 0 aliphatic carbocycles. The Morgan fingerprint density at radius 1 is 0.923 bits per heavy atom. The van der Waals surface area contributed by atoms with Gasteiger partial charge in [-0.1, -0.05) is 0 Å². The van der Waals surface area contributed by atoms with Crippen molar-refractivity contribution in [3.05, 3.63) is 60.9 Å². The third kappa shape index (κ3) is 4.92. The molecule has 0 fully saturated rings. The van der Waals surface area contributed by atoms with E-state index < -0.39 is 0 Å². The molecule has 26 heavy (non-hydrogen) atoms. The van der Waals surface area contributed by atoms with E-state index in [1.165, 1.54) is 28.0 Å². The van der Waals surface area contributed by atoms with Gasteiger partial charge in [-0.3, -0.25) is 9.78 Å². The molecule has 5 heteroatoms. The van der Waals surface area contributed by atoms with E-state index >= 15 is 0 Å². The van der Waals surface area contributed by atoms with Crippen LogP contribution >= 0.6 is 11.3 Å². The van der Waals surface area contributed by atoms with Crippen molar-refractivity contribution in [2.75, 3.05) is 13.7 Å². The maximum atomic E-state index is 11.0. The second-order valence-corrected chi connectivity index (χ2v) is 6.89. The van der Waals surface area contributed by atoms with Crippen molar-refractivity contribution in [3.8, 4) is 26.6 Å². The summed E-state index contributed by atoms with van der Waals surface area (Å²) in [5.74, 6) is 0.675. The molecular formula is C21H21NO3S. The topological polar surface area (TPSA) is 48.4 Å². The van der Waals surface area contributed by atoms with Gasteiger partial charge in [0.15, 0.2) is 0 Å². The fourth-order valence-corrected chi connectivity index (χ4v) is 3.56. The Morgan fingerprint density at radius 2 is 1.58 bits per heavy atom. The fraction of sp³-hybridized carbons (Fsp3) is 0.238. The van der Waals surface area contributed by atoms with E-state index in [4.69, 9.17) is 4.74 Å². The number of benzene rings is 1. The first kappa shape index (κ1) is 18.1. The Bertz CT molecular complexity index is 828. The van der Waals surface area contributed by atoms with Gasteiger partial charge in [-0.05, 0) is 72.5 Å². The summed E-state index contributed by atoms with van der Waals surface area (Å²) in [6.45, 7) is 0.599. The molecule has 0 bridgehead atoms. The standard InChI is InChI=1S/C21H21NO3S/c1-24-21(23)4-2-3-15-25-18-7-5-16(6-8-18)19-9-10-20(26-19)17-11-13-22-14-12-17/h5-14H,2-4,15H2,1H3. The van der Waals surface area contributed by atoms with Crippen LogP contribution in [-0.2, 0) is 9.53 Å². The number of hydrogen-bond acceptors (Lipinski definition) is 5. The second kappa shape index (κ2) is 9.15. The summed E-state index contributed by atoms with van der Waals surface area (Å²) in [5, 5.41) is 0. The summed E-state index contributed by atoms with van der Waals surface area (Å²) >= 11 is 1.76. The largest absolute Gasteiger partial charge is 0.494 e. The number of pyridine rings is 1. The molecule has 3 aromatic rings. The average Bonchev–Trinajstić information content (AvgIpc) is 3.19. The number of esters is 1. The zero-order chi connectivity index (χ0) is 18.2. The van der Waals surface area contributed by atoms with Crippen molar-refractivity contribution in [3.63, 3.8) is 0 Å². The molecular weight excluding hydrogens is 346 g/mol. The van der Waals surface area contributed by atoms with Gasteiger partial charge in [0.2, 0.25) is 0 Å². The number of aromatic nitrogens is 1. The van der Waals surface area contributed by atoms with Crippen LogP contribution in [0.15, 0.2) is 60.9 Å². The van der Waals surface area contributed by atoms with E-state index in [-0.39, 0.29) is 5.97 Å². The molecule has 3 rings (SSSR count). The number of hydrogen-bond donors (Lipinski definition) is 0. The number of unbranched alkanes of at least 4 members (excludes halogenated alkanes) is 1. The normalized spacial score (nSPS) is 10.5. The minimum absolute atomic E-state index is 0.170. The van der Waals surface area contributed by atoms with Gasteiger partial charge in [-0.25, -0.2) is 0 Å². The lowest BCUT2D eigenvalue weighted by molar-refractivity contribution is -0.140. The monoisotopic (exact) mass is 367 g/mol. The number of carbonyl (C=O) groups is 1. The Morgan fingerprint density at radius 3 is 2.23 bits per heavy atom. The number of methoxy groups -OCH3 is 1. The number of ether oxygens (including phenoxy) is 2. The first-order chi connectivity index (χ1) is 12.8. The molecule has 0 amide bonds. The highest BCUT2D eigenvalue weighted by atomic mass is 32.1. The molecule has 0 saturated carbocycles. The average molecular weight is 367 g/mol. The number of nitrogens with zero attached hydrogens (tertiary/aromatic N) is 1. The van der Waals surface area contributed by atoms with Crippen LogP contribution in [0.3, 0.4) is 0 Å². The third-order valence-corrected chi connectivity index (χ3v) is 5.16. The van der Waals surface area contributed by atoms with Gasteiger partial charge < -0.3 is 9.47 Å². The maximum absolute atomic E-state index is 11.0. The van der Waals surface area contributed by atoms with E-state index in [1.54, 1.807) is 11.3 Å². The second-order valence-electron chi connectivity index (χ2n) is 5.81. The zero-order valence-corrected chi connectivity index (χ0v) is 15.5. The molecule has 0 aliphatic rings. The summed E-state index contributed by atoms with van der Waals surface area (Å²) < 4.78 is 10.3. The highest BCUT2D eigenvalue weighted by Crippen LogP contribution is 2.34. The fourth-order valence-electron chi connectivity index (χ4n) is 2.54. The highest BCUT2D eigenvalue weighted by molar-refractivity contribution is 7.18. The van der Waals surface area contributed by atoms with Gasteiger partial charge in [0.25, 0.3) is 0 Å². The molecule has 0 unspecified atom stereocenters. The van der Waals surface area contributed by atoms with Crippen molar-refractivity contribution in [2.45, 2.75) is 19.3 Å². The molecule has 0 atom stereocenters. The predicted molar refractivity (Wildman–Crippen MR) is 104 cm³/mol.